The number of nitriles is 1. The fourth-order valence-corrected chi connectivity index (χ4v) is 3.00. The molecule has 2 aromatic rings. The molecule has 2 aliphatic rings. The van der Waals surface area contributed by atoms with Gasteiger partial charge in [0.05, 0.1) is 23.8 Å². The standard InChI is InChI=1S/C19H13NO2/c20-10-16-18-14(11-21-17-9-5-4-8-15(17)18)12-22-19(16)13-6-2-1-3-7-13/h1-9,12,18H,11H2. The van der Waals surface area contributed by atoms with Crippen LogP contribution in [0.4, 0.5) is 0 Å². The zero-order chi connectivity index (χ0) is 14.9. The van der Waals surface area contributed by atoms with Crippen LogP contribution in [-0.4, -0.2) is 6.61 Å². The van der Waals surface area contributed by atoms with Gasteiger partial charge in [0.2, 0.25) is 0 Å². The topological polar surface area (TPSA) is 42.2 Å². The van der Waals surface area contributed by atoms with E-state index in [2.05, 4.69) is 6.07 Å². The molecule has 0 saturated heterocycles. The van der Waals surface area contributed by atoms with Crippen LogP contribution >= 0.6 is 0 Å². The summed E-state index contributed by atoms with van der Waals surface area (Å²) in [6.45, 7) is 0.453. The summed E-state index contributed by atoms with van der Waals surface area (Å²) in [5.41, 5.74) is 3.56. The molecule has 0 aliphatic carbocycles. The number of ether oxygens (including phenoxy) is 2. The molecule has 2 heterocycles. The highest BCUT2D eigenvalue weighted by molar-refractivity contribution is 5.73. The van der Waals surface area contributed by atoms with Crippen molar-refractivity contribution in [3.8, 4) is 11.8 Å². The van der Waals surface area contributed by atoms with Crippen molar-refractivity contribution >= 4 is 5.76 Å². The molecule has 0 spiro atoms. The molecule has 0 radical (unpaired) electrons. The Kier molecular flexibility index (Phi) is 2.94. The van der Waals surface area contributed by atoms with Crippen LogP contribution in [0.2, 0.25) is 0 Å². The third-order valence-corrected chi connectivity index (χ3v) is 4.01. The smallest absolute Gasteiger partial charge is 0.148 e. The zero-order valence-corrected chi connectivity index (χ0v) is 11.8. The number of benzene rings is 2. The number of rotatable bonds is 1. The van der Waals surface area contributed by atoms with Gasteiger partial charge in [0.15, 0.2) is 0 Å². The highest BCUT2D eigenvalue weighted by atomic mass is 16.5. The van der Waals surface area contributed by atoms with Crippen LogP contribution in [0, 0.1) is 11.3 Å². The number of nitrogens with zero attached hydrogens (tertiary/aromatic N) is 1. The molecular formula is C19H13NO2. The van der Waals surface area contributed by atoms with E-state index in [-0.39, 0.29) is 5.92 Å². The van der Waals surface area contributed by atoms with Crippen LogP contribution in [0.1, 0.15) is 17.0 Å². The molecule has 0 saturated carbocycles. The molecular weight excluding hydrogens is 274 g/mol. The Hall–Kier alpha value is -2.99. The first-order chi connectivity index (χ1) is 10.9. The third kappa shape index (κ3) is 1.89. The van der Waals surface area contributed by atoms with Gasteiger partial charge in [0.25, 0.3) is 0 Å². The second kappa shape index (κ2) is 5.09. The van der Waals surface area contributed by atoms with Crippen LogP contribution in [0.5, 0.6) is 5.75 Å². The first-order valence-corrected chi connectivity index (χ1v) is 7.15. The minimum absolute atomic E-state index is 0.0843. The minimum Gasteiger partial charge on any atom is -0.489 e. The average Bonchev–Trinajstić information content (AvgIpc) is 2.61. The monoisotopic (exact) mass is 287 g/mol. The van der Waals surface area contributed by atoms with Gasteiger partial charge in [-0.25, -0.2) is 0 Å². The van der Waals surface area contributed by atoms with Gasteiger partial charge >= 0.3 is 0 Å². The molecule has 0 aromatic heterocycles. The maximum Gasteiger partial charge on any atom is 0.148 e. The molecule has 0 bridgehead atoms. The summed E-state index contributed by atoms with van der Waals surface area (Å²) in [6.07, 6.45) is 1.73. The lowest BCUT2D eigenvalue weighted by Crippen LogP contribution is -2.22. The fourth-order valence-electron chi connectivity index (χ4n) is 3.00. The van der Waals surface area contributed by atoms with Crippen LogP contribution in [0.3, 0.4) is 0 Å². The maximum atomic E-state index is 9.73. The Bertz CT molecular complexity index is 828. The summed E-state index contributed by atoms with van der Waals surface area (Å²) in [4.78, 5) is 0. The summed E-state index contributed by atoms with van der Waals surface area (Å²) >= 11 is 0. The second-order valence-corrected chi connectivity index (χ2v) is 5.29. The molecule has 22 heavy (non-hydrogen) atoms. The van der Waals surface area contributed by atoms with E-state index in [0.717, 1.165) is 22.4 Å². The lowest BCUT2D eigenvalue weighted by atomic mass is 9.81. The van der Waals surface area contributed by atoms with Crippen molar-refractivity contribution in [3.63, 3.8) is 0 Å². The van der Waals surface area contributed by atoms with Gasteiger partial charge in [-0.1, -0.05) is 48.5 Å². The normalized spacial score (nSPS) is 19.0. The quantitative estimate of drug-likeness (QED) is 0.795. The van der Waals surface area contributed by atoms with Gasteiger partial charge in [-0.05, 0) is 6.07 Å². The molecule has 3 heteroatoms. The Balaban J connectivity index is 1.90. The molecule has 2 aromatic carbocycles. The van der Waals surface area contributed by atoms with Gasteiger partial charge < -0.3 is 9.47 Å². The highest BCUT2D eigenvalue weighted by Gasteiger charge is 2.34. The van der Waals surface area contributed by atoms with E-state index < -0.39 is 0 Å². The van der Waals surface area contributed by atoms with E-state index in [4.69, 9.17) is 9.47 Å². The Morgan fingerprint density at radius 1 is 1.00 bits per heavy atom. The number of para-hydroxylation sites is 1. The van der Waals surface area contributed by atoms with Crippen molar-refractivity contribution in [2.75, 3.05) is 6.61 Å². The first kappa shape index (κ1) is 12.7. The van der Waals surface area contributed by atoms with E-state index >= 15 is 0 Å². The van der Waals surface area contributed by atoms with Gasteiger partial charge in [-0.3, -0.25) is 0 Å². The Labute approximate surface area is 128 Å². The molecule has 3 nitrogen and oxygen atoms in total. The summed E-state index contributed by atoms with van der Waals surface area (Å²) in [6, 6.07) is 20.0. The second-order valence-electron chi connectivity index (χ2n) is 5.29. The highest BCUT2D eigenvalue weighted by Crippen LogP contribution is 2.45. The van der Waals surface area contributed by atoms with Gasteiger partial charge in [0.1, 0.15) is 18.1 Å². The van der Waals surface area contributed by atoms with Crippen LogP contribution in [0.15, 0.2) is 72.0 Å². The van der Waals surface area contributed by atoms with E-state index in [0.29, 0.717) is 17.9 Å². The van der Waals surface area contributed by atoms with Crippen LogP contribution in [0.25, 0.3) is 5.76 Å². The van der Waals surface area contributed by atoms with Gasteiger partial charge in [-0.2, -0.15) is 5.26 Å². The van der Waals surface area contributed by atoms with Gasteiger partial charge in [0, 0.05) is 16.7 Å². The predicted molar refractivity (Wildman–Crippen MR) is 82.8 cm³/mol. The summed E-state index contributed by atoms with van der Waals surface area (Å²) in [5.74, 6) is 1.39. The maximum absolute atomic E-state index is 9.73. The molecule has 0 amide bonds. The zero-order valence-electron chi connectivity index (χ0n) is 11.8. The molecule has 4 rings (SSSR count). The number of hydrogen-bond donors (Lipinski definition) is 0. The SMILES string of the molecule is N#CC1=C(c2ccccc2)OC=C2COc3ccccc3C21. The molecule has 1 atom stereocenters. The molecule has 106 valence electrons. The van der Waals surface area contributed by atoms with Crippen molar-refractivity contribution in [3.05, 3.63) is 83.1 Å². The Morgan fingerprint density at radius 2 is 1.77 bits per heavy atom. The van der Waals surface area contributed by atoms with Crippen molar-refractivity contribution in [2.24, 2.45) is 0 Å². The third-order valence-electron chi connectivity index (χ3n) is 4.01. The molecule has 1 unspecified atom stereocenters. The van der Waals surface area contributed by atoms with Crippen molar-refractivity contribution in [1.82, 2.24) is 0 Å². The minimum atomic E-state index is -0.0843. The largest absolute Gasteiger partial charge is 0.489 e. The summed E-state index contributed by atoms with van der Waals surface area (Å²) in [5, 5.41) is 9.73. The van der Waals surface area contributed by atoms with Crippen molar-refractivity contribution in [2.45, 2.75) is 5.92 Å². The van der Waals surface area contributed by atoms with E-state index in [1.807, 2.05) is 54.6 Å². The summed E-state index contributed by atoms with van der Waals surface area (Å²) in [7, 11) is 0. The lowest BCUT2D eigenvalue weighted by Gasteiger charge is -2.31. The van der Waals surface area contributed by atoms with Crippen LogP contribution in [-0.2, 0) is 4.74 Å². The van der Waals surface area contributed by atoms with Crippen molar-refractivity contribution in [1.29, 1.82) is 5.26 Å². The van der Waals surface area contributed by atoms with E-state index in [1.54, 1.807) is 6.26 Å². The Morgan fingerprint density at radius 3 is 2.59 bits per heavy atom. The molecule has 2 aliphatic heterocycles. The molecule has 0 N–H and O–H groups in total. The van der Waals surface area contributed by atoms with Gasteiger partial charge in [-0.15, -0.1) is 0 Å². The van der Waals surface area contributed by atoms with E-state index in [9.17, 15) is 5.26 Å². The average molecular weight is 287 g/mol. The first-order valence-electron chi connectivity index (χ1n) is 7.15. The fraction of sp³-hybridized carbons (Fsp3) is 0.105. The van der Waals surface area contributed by atoms with Crippen molar-refractivity contribution < 1.29 is 9.47 Å². The number of allylic oxidation sites excluding steroid dienone is 1. The number of hydrogen-bond acceptors (Lipinski definition) is 3. The predicted octanol–water partition coefficient (Wildman–Crippen LogP) is 4.01. The summed E-state index contributed by atoms with van der Waals surface area (Å²) < 4.78 is 11.5. The lowest BCUT2D eigenvalue weighted by molar-refractivity contribution is 0.305. The number of fused-ring (bicyclic) bond motifs is 3. The van der Waals surface area contributed by atoms with Crippen LogP contribution < -0.4 is 4.74 Å². The molecule has 0 fully saturated rings. The van der Waals surface area contributed by atoms with E-state index in [1.165, 1.54) is 0 Å².